The van der Waals surface area contributed by atoms with Crippen LogP contribution in [0, 0.1) is 5.92 Å². The van der Waals surface area contributed by atoms with Gasteiger partial charge >= 0.3 is 0 Å². The normalized spacial score (nSPS) is 10.7. The maximum absolute atomic E-state index is 12.1. The fourth-order valence-electron chi connectivity index (χ4n) is 2.09. The van der Waals surface area contributed by atoms with Gasteiger partial charge in [0, 0.05) is 12.1 Å². The van der Waals surface area contributed by atoms with Crippen molar-refractivity contribution in [2.24, 2.45) is 5.92 Å². The van der Waals surface area contributed by atoms with Crippen LogP contribution in [0.1, 0.15) is 63.2 Å². The molecule has 22 heavy (non-hydrogen) atoms. The Labute approximate surface area is 134 Å². The van der Waals surface area contributed by atoms with E-state index < -0.39 is 0 Å². The first-order valence-electron chi connectivity index (χ1n) is 8.35. The Morgan fingerprint density at radius 2 is 2.05 bits per heavy atom. The van der Waals surface area contributed by atoms with E-state index in [1.807, 2.05) is 0 Å². The zero-order valence-electron chi connectivity index (χ0n) is 14.2. The van der Waals surface area contributed by atoms with Crippen LogP contribution in [-0.4, -0.2) is 19.1 Å². The standard InChI is InChI=1S/C18H30N2O2/c1-4-5-6-7-12-22-17-13-15(8-9-16(17)19)18(21)20-11-10-14(2)3/h8-9,13-14H,4-7,10-12,19H2,1-3H3,(H,20,21). The molecule has 0 aliphatic heterocycles. The molecule has 0 unspecified atom stereocenters. The maximum Gasteiger partial charge on any atom is 0.251 e. The van der Waals surface area contributed by atoms with Crippen molar-refractivity contribution in [1.82, 2.24) is 5.32 Å². The average Bonchev–Trinajstić information content (AvgIpc) is 2.48. The van der Waals surface area contributed by atoms with Gasteiger partial charge in [-0.25, -0.2) is 0 Å². The van der Waals surface area contributed by atoms with Gasteiger partial charge in [0.05, 0.1) is 12.3 Å². The van der Waals surface area contributed by atoms with Gasteiger partial charge in [0.25, 0.3) is 5.91 Å². The SMILES string of the molecule is CCCCCCOc1cc(C(=O)NCCC(C)C)ccc1N. The summed E-state index contributed by atoms with van der Waals surface area (Å²) >= 11 is 0. The number of amides is 1. The fourth-order valence-corrected chi connectivity index (χ4v) is 2.09. The average molecular weight is 306 g/mol. The molecule has 1 rings (SSSR count). The number of carbonyl (C=O) groups excluding carboxylic acids is 1. The van der Waals surface area contributed by atoms with Crippen molar-refractivity contribution in [2.75, 3.05) is 18.9 Å². The molecule has 1 aromatic carbocycles. The predicted molar refractivity (Wildman–Crippen MR) is 92.3 cm³/mol. The molecule has 0 aromatic heterocycles. The first-order valence-corrected chi connectivity index (χ1v) is 8.35. The first-order chi connectivity index (χ1) is 10.5. The highest BCUT2D eigenvalue weighted by Crippen LogP contribution is 2.23. The number of unbranched alkanes of at least 4 members (excludes halogenated alkanes) is 3. The zero-order chi connectivity index (χ0) is 16.4. The summed E-state index contributed by atoms with van der Waals surface area (Å²) in [4.78, 5) is 12.1. The van der Waals surface area contributed by atoms with Crippen molar-refractivity contribution in [2.45, 2.75) is 52.9 Å². The number of benzene rings is 1. The van der Waals surface area contributed by atoms with E-state index in [0.29, 0.717) is 36.1 Å². The number of carbonyl (C=O) groups is 1. The lowest BCUT2D eigenvalue weighted by Crippen LogP contribution is -2.25. The summed E-state index contributed by atoms with van der Waals surface area (Å²) < 4.78 is 5.71. The van der Waals surface area contributed by atoms with Crippen LogP contribution in [0.2, 0.25) is 0 Å². The lowest BCUT2D eigenvalue weighted by molar-refractivity contribution is 0.0951. The smallest absolute Gasteiger partial charge is 0.251 e. The molecule has 0 spiro atoms. The summed E-state index contributed by atoms with van der Waals surface area (Å²) in [6.45, 7) is 7.79. The molecule has 4 heteroatoms. The molecule has 4 nitrogen and oxygen atoms in total. The molecule has 0 radical (unpaired) electrons. The summed E-state index contributed by atoms with van der Waals surface area (Å²) in [5, 5.41) is 2.93. The van der Waals surface area contributed by atoms with Crippen molar-refractivity contribution in [1.29, 1.82) is 0 Å². The van der Waals surface area contributed by atoms with Crippen molar-refractivity contribution in [3.8, 4) is 5.75 Å². The molecular formula is C18H30N2O2. The van der Waals surface area contributed by atoms with Crippen LogP contribution < -0.4 is 15.8 Å². The van der Waals surface area contributed by atoms with Gasteiger partial charge in [0.15, 0.2) is 0 Å². The molecule has 0 aliphatic carbocycles. The molecule has 124 valence electrons. The van der Waals surface area contributed by atoms with E-state index in [1.54, 1.807) is 18.2 Å². The Balaban J connectivity index is 2.51. The van der Waals surface area contributed by atoms with Gasteiger partial charge in [0.1, 0.15) is 5.75 Å². The Bertz CT molecular complexity index is 458. The molecule has 0 saturated heterocycles. The lowest BCUT2D eigenvalue weighted by atomic mass is 10.1. The van der Waals surface area contributed by atoms with Crippen molar-refractivity contribution in [3.63, 3.8) is 0 Å². The minimum absolute atomic E-state index is 0.0727. The number of nitrogen functional groups attached to an aromatic ring is 1. The molecule has 1 aromatic rings. The number of nitrogens with two attached hydrogens (primary N) is 1. The quantitative estimate of drug-likeness (QED) is 0.507. The molecule has 0 fully saturated rings. The third-order valence-corrected chi connectivity index (χ3v) is 3.54. The third-order valence-electron chi connectivity index (χ3n) is 3.54. The van der Waals surface area contributed by atoms with Gasteiger partial charge in [-0.1, -0.05) is 40.0 Å². The van der Waals surface area contributed by atoms with E-state index >= 15 is 0 Å². The van der Waals surface area contributed by atoms with Gasteiger partial charge < -0.3 is 15.8 Å². The van der Waals surface area contributed by atoms with Crippen LogP contribution in [0.4, 0.5) is 5.69 Å². The lowest BCUT2D eigenvalue weighted by Gasteiger charge is -2.11. The van der Waals surface area contributed by atoms with Gasteiger partial charge in [-0.15, -0.1) is 0 Å². The second-order valence-electron chi connectivity index (χ2n) is 6.10. The second kappa shape index (κ2) is 10.1. The largest absolute Gasteiger partial charge is 0.491 e. The third kappa shape index (κ3) is 6.83. The minimum atomic E-state index is -0.0727. The molecule has 0 aliphatic rings. The van der Waals surface area contributed by atoms with E-state index in [1.165, 1.54) is 12.8 Å². The molecule has 0 atom stereocenters. The monoisotopic (exact) mass is 306 g/mol. The summed E-state index contributed by atoms with van der Waals surface area (Å²) in [7, 11) is 0. The van der Waals surface area contributed by atoms with Gasteiger partial charge in [-0.2, -0.15) is 0 Å². The van der Waals surface area contributed by atoms with Gasteiger partial charge in [-0.3, -0.25) is 4.79 Å². The van der Waals surface area contributed by atoms with E-state index in [0.717, 1.165) is 19.3 Å². The Morgan fingerprint density at radius 1 is 1.27 bits per heavy atom. The van der Waals surface area contributed by atoms with Gasteiger partial charge in [-0.05, 0) is 37.0 Å². The molecule has 0 heterocycles. The van der Waals surface area contributed by atoms with Crippen LogP contribution in [0.5, 0.6) is 5.75 Å². The van der Waals surface area contributed by atoms with Crippen LogP contribution in [0.15, 0.2) is 18.2 Å². The Kier molecular flexibility index (Phi) is 8.41. The topological polar surface area (TPSA) is 64.3 Å². The maximum atomic E-state index is 12.1. The molecule has 3 N–H and O–H groups in total. The van der Waals surface area contributed by atoms with E-state index in [4.69, 9.17) is 10.5 Å². The number of hydrogen-bond donors (Lipinski definition) is 2. The van der Waals surface area contributed by atoms with Gasteiger partial charge in [0.2, 0.25) is 0 Å². The predicted octanol–water partition coefficient (Wildman–Crippen LogP) is 4.00. The summed E-state index contributed by atoms with van der Waals surface area (Å²) in [5.74, 6) is 1.11. The van der Waals surface area contributed by atoms with Crippen LogP contribution in [-0.2, 0) is 0 Å². The van der Waals surface area contributed by atoms with E-state index in [-0.39, 0.29) is 5.91 Å². The summed E-state index contributed by atoms with van der Waals surface area (Å²) in [6.07, 6.45) is 5.57. The number of ether oxygens (including phenoxy) is 1. The fraction of sp³-hybridized carbons (Fsp3) is 0.611. The second-order valence-corrected chi connectivity index (χ2v) is 6.10. The number of anilines is 1. The van der Waals surface area contributed by atoms with E-state index in [9.17, 15) is 4.79 Å². The Hall–Kier alpha value is -1.71. The van der Waals surface area contributed by atoms with Crippen LogP contribution >= 0.6 is 0 Å². The van der Waals surface area contributed by atoms with Crippen molar-refractivity contribution < 1.29 is 9.53 Å². The summed E-state index contributed by atoms with van der Waals surface area (Å²) in [5.41, 5.74) is 7.09. The van der Waals surface area contributed by atoms with Crippen molar-refractivity contribution >= 4 is 11.6 Å². The zero-order valence-corrected chi connectivity index (χ0v) is 14.2. The number of hydrogen-bond acceptors (Lipinski definition) is 3. The highest BCUT2D eigenvalue weighted by atomic mass is 16.5. The Morgan fingerprint density at radius 3 is 2.73 bits per heavy atom. The molecule has 0 bridgehead atoms. The molecular weight excluding hydrogens is 276 g/mol. The first kappa shape index (κ1) is 18.3. The van der Waals surface area contributed by atoms with Crippen LogP contribution in [0.25, 0.3) is 0 Å². The molecule has 1 amide bonds. The van der Waals surface area contributed by atoms with E-state index in [2.05, 4.69) is 26.1 Å². The summed E-state index contributed by atoms with van der Waals surface area (Å²) in [6, 6.07) is 5.21. The molecule has 0 saturated carbocycles. The minimum Gasteiger partial charge on any atom is -0.491 e. The number of nitrogens with one attached hydrogen (secondary N) is 1. The van der Waals surface area contributed by atoms with Crippen molar-refractivity contribution in [3.05, 3.63) is 23.8 Å². The number of rotatable bonds is 10. The highest BCUT2D eigenvalue weighted by Gasteiger charge is 2.09. The highest BCUT2D eigenvalue weighted by molar-refractivity contribution is 5.95. The van der Waals surface area contributed by atoms with Crippen LogP contribution in [0.3, 0.4) is 0 Å².